The van der Waals surface area contributed by atoms with Crippen LogP contribution in [0, 0.1) is 17.1 Å². The first-order chi connectivity index (χ1) is 15.1. The average molecular weight is 420 g/mol. The molecule has 2 aliphatic heterocycles. The fraction of sp³-hybridized carbons (Fsp3) is 0.458. The van der Waals surface area contributed by atoms with Gasteiger partial charge in [0.05, 0.1) is 5.56 Å². The molecule has 31 heavy (non-hydrogen) atoms. The highest BCUT2D eigenvalue weighted by molar-refractivity contribution is 5.77. The van der Waals surface area contributed by atoms with Gasteiger partial charge in [0, 0.05) is 55.4 Å². The first-order valence-electron chi connectivity index (χ1n) is 11.0. The molecule has 1 saturated carbocycles. The molecule has 2 saturated heterocycles. The van der Waals surface area contributed by atoms with Crippen LogP contribution in [0.15, 0.2) is 42.6 Å². The van der Waals surface area contributed by atoms with Crippen molar-refractivity contribution in [2.45, 2.75) is 49.7 Å². The molecule has 1 aliphatic carbocycles. The van der Waals surface area contributed by atoms with Crippen molar-refractivity contribution in [3.63, 3.8) is 0 Å². The molecule has 3 aliphatic rings. The summed E-state index contributed by atoms with van der Waals surface area (Å²) in [6.45, 7) is 1.96. The molecule has 160 valence electrons. The number of carbonyl (C=O) groups excluding carboxylic acids is 1. The minimum absolute atomic E-state index is 0.154. The Balaban J connectivity index is 1.17. The molecule has 0 radical (unpaired) electrons. The number of hydrogen-bond acceptors (Lipinski definition) is 5. The van der Waals surface area contributed by atoms with Crippen LogP contribution in [0.4, 0.5) is 10.2 Å². The highest BCUT2D eigenvalue weighted by Gasteiger charge is 2.46. The lowest BCUT2D eigenvalue weighted by atomic mass is 10.0. The summed E-state index contributed by atoms with van der Waals surface area (Å²) >= 11 is 0. The lowest BCUT2D eigenvalue weighted by Crippen LogP contribution is -2.56. The molecule has 2 bridgehead atoms. The van der Waals surface area contributed by atoms with Gasteiger partial charge in [-0.25, -0.2) is 9.37 Å². The number of carbonyl (C=O) groups is 1. The zero-order valence-electron chi connectivity index (χ0n) is 17.4. The van der Waals surface area contributed by atoms with Crippen molar-refractivity contribution < 1.29 is 9.18 Å². The van der Waals surface area contributed by atoms with Crippen LogP contribution in [0.5, 0.6) is 0 Å². The Bertz CT molecular complexity index is 999. The van der Waals surface area contributed by atoms with Gasteiger partial charge in [0.2, 0.25) is 5.91 Å². The minimum Gasteiger partial charge on any atom is -0.347 e. The zero-order valence-corrected chi connectivity index (χ0v) is 17.4. The van der Waals surface area contributed by atoms with Gasteiger partial charge in [0.1, 0.15) is 17.7 Å². The van der Waals surface area contributed by atoms with E-state index in [9.17, 15) is 9.18 Å². The molecule has 5 rings (SSSR count). The number of nitrogens with one attached hydrogen (secondary N) is 1. The Hall–Kier alpha value is -2.98. The van der Waals surface area contributed by atoms with Gasteiger partial charge in [-0.05, 0) is 43.9 Å². The third kappa shape index (κ3) is 3.77. The molecule has 3 heterocycles. The van der Waals surface area contributed by atoms with Crippen LogP contribution in [-0.2, 0) is 10.3 Å². The fourth-order valence-corrected chi connectivity index (χ4v) is 5.17. The Morgan fingerprint density at radius 3 is 2.55 bits per heavy atom. The van der Waals surface area contributed by atoms with Crippen LogP contribution in [0.3, 0.4) is 0 Å². The average Bonchev–Trinajstić information content (AvgIpc) is 3.53. The summed E-state index contributed by atoms with van der Waals surface area (Å²) in [6.07, 6.45) is 5.94. The first-order valence-corrected chi connectivity index (χ1v) is 11.0. The molecule has 7 heteroatoms. The zero-order chi connectivity index (χ0) is 21.4. The molecule has 1 aromatic carbocycles. The largest absolute Gasteiger partial charge is 0.347 e. The SMILES string of the molecule is N#Cc1ccc(N2C3CCC2CN(C(=O)CCNC2(c4ccccc4F)CC2)C3)nc1. The number of nitriles is 1. The van der Waals surface area contributed by atoms with Gasteiger partial charge in [0.15, 0.2) is 0 Å². The van der Waals surface area contributed by atoms with Crippen LogP contribution < -0.4 is 10.2 Å². The first kappa shape index (κ1) is 20.0. The summed E-state index contributed by atoms with van der Waals surface area (Å²) in [6, 6.07) is 13.3. The summed E-state index contributed by atoms with van der Waals surface area (Å²) in [4.78, 5) is 21.7. The molecule has 2 atom stereocenters. The highest BCUT2D eigenvalue weighted by atomic mass is 19.1. The van der Waals surface area contributed by atoms with E-state index in [4.69, 9.17) is 5.26 Å². The number of piperazine rings is 1. The Labute approximate surface area is 181 Å². The number of amides is 1. The smallest absolute Gasteiger partial charge is 0.223 e. The van der Waals surface area contributed by atoms with E-state index < -0.39 is 0 Å². The second-order valence-electron chi connectivity index (χ2n) is 8.85. The lowest BCUT2D eigenvalue weighted by Gasteiger charge is -2.42. The second-order valence-corrected chi connectivity index (χ2v) is 8.85. The van der Waals surface area contributed by atoms with Crippen LogP contribution >= 0.6 is 0 Å². The lowest BCUT2D eigenvalue weighted by molar-refractivity contribution is -0.132. The van der Waals surface area contributed by atoms with Crippen LogP contribution in [0.2, 0.25) is 0 Å². The highest BCUT2D eigenvalue weighted by Crippen LogP contribution is 2.46. The second kappa shape index (κ2) is 7.93. The number of anilines is 1. The number of hydrogen-bond donors (Lipinski definition) is 1. The van der Waals surface area contributed by atoms with Crippen LogP contribution in [-0.4, -0.2) is 47.5 Å². The van der Waals surface area contributed by atoms with E-state index in [1.165, 1.54) is 6.07 Å². The van der Waals surface area contributed by atoms with E-state index in [2.05, 4.69) is 21.3 Å². The predicted octanol–water partition coefficient (Wildman–Crippen LogP) is 2.94. The third-order valence-electron chi connectivity index (χ3n) is 6.92. The quantitative estimate of drug-likeness (QED) is 0.780. The summed E-state index contributed by atoms with van der Waals surface area (Å²) in [7, 11) is 0. The molecule has 0 spiro atoms. The molecule has 2 unspecified atom stereocenters. The van der Waals surface area contributed by atoms with Gasteiger partial charge in [-0.3, -0.25) is 4.79 Å². The van der Waals surface area contributed by atoms with Gasteiger partial charge in [-0.1, -0.05) is 18.2 Å². The molecule has 3 fully saturated rings. The molecule has 1 amide bonds. The van der Waals surface area contributed by atoms with Gasteiger partial charge >= 0.3 is 0 Å². The van der Waals surface area contributed by atoms with Gasteiger partial charge in [-0.15, -0.1) is 0 Å². The number of rotatable bonds is 6. The molecule has 1 N–H and O–H groups in total. The number of likely N-dealkylation sites (tertiary alicyclic amines) is 1. The maximum Gasteiger partial charge on any atom is 0.223 e. The van der Waals surface area contributed by atoms with Crippen molar-refractivity contribution in [1.82, 2.24) is 15.2 Å². The monoisotopic (exact) mass is 419 g/mol. The number of fused-ring (bicyclic) bond motifs is 2. The van der Waals surface area contributed by atoms with E-state index in [1.54, 1.807) is 18.3 Å². The van der Waals surface area contributed by atoms with Gasteiger partial charge < -0.3 is 15.1 Å². The van der Waals surface area contributed by atoms with E-state index in [0.717, 1.165) is 31.5 Å². The summed E-state index contributed by atoms with van der Waals surface area (Å²) < 4.78 is 14.2. The minimum atomic E-state index is -0.301. The number of pyridine rings is 1. The van der Waals surface area contributed by atoms with Crippen molar-refractivity contribution in [3.05, 3.63) is 59.5 Å². The Morgan fingerprint density at radius 2 is 1.94 bits per heavy atom. The predicted molar refractivity (Wildman–Crippen MR) is 115 cm³/mol. The number of halogens is 1. The van der Waals surface area contributed by atoms with Crippen molar-refractivity contribution in [2.75, 3.05) is 24.5 Å². The Kier molecular flexibility index (Phi) is 5.11. The molecule has 1 aromatic heterocycles. The van der Waals surface area contributed by atoms with E-state index in [1.807, 2.05) is 23.1 Å². The van der Waals surface area contributed by atoms with Gasteiger partial charge in [-0.2, -0.15) is 5.26 Å². The normalized spacial score (nSPS) is 23.5. The topological polar surface area (TPSA) is 72.3 Å². The van der Waals surface area contributed by atoms with Crippen molar-refractivity contribution in [3.8, 4) is 6.07 Å². The summed E-state index contributed by atoms with van der Waals surface area (Å²) in [5.41, 5.74) is 0.968. The van der Waals surface area contributed by atoms with Gasteiger partial charge in [0.25, 0.3) is 0 Å². The standard InChI is InChI=1S/C24H26FN5O/c25-21-4-2-1-3-20(21)24(10-11-24)28-12-9-23(31)29-15-18-6-7-19(16-29)30(18)22-8-5-17(13-26)14-27-22/h1-5,8,14,18-19,28H,6-7,9-12,15-16H2. The van der Waals surface area contributed by atoms with E-state index >= 15 is 0 Å². The number of nitrogens with zero attached hydrogens (tertiary/aromatic N) is 4. The number of benzene rings is 1. The van der Waals surface area contributed by atoms with E-state index in [0.29, 0.717) is 37.2 Å². The maximum absolute atomic E-state index is 14.2. The fourth-order valence-electron chi connectivity index (χ4n) is 5.17. The molecular weight excluding hydrogens is 393 g/mol. The van der Waals surface area contributed by atoms with Crippen molar-refractivity contribution in [2.24, 2.45) is 0 Å². The summed E-state index contributed by atoms with van der Waals surface area (Å²) in [5.74, 6) is 0.866. The van der Waals surface area contributed by atoms with Crippen LogP contribution in [0.25, 0.3) is 0 Å². The molecule has 6 nitrogen and oxygen atoms in total. The number of aromatic nitrogens is 1. The van der Waals surface area contributed by atoms with Crippen molar-refractivity contribution in [1.29, 1.82) is 5.26 Å². The van der Waals surface area contributed by atoms with Crippen molar-refractivity contribution >= 4 is 11.7 Å². The maximum atomic E-state index is 14.2. The third-order valence-corrected chi connectivity index (χ3v) is 6.92. The molecular formula is C24H26FN5O. The van der Waals surface area contributed by atoms with E-state index in [-0.39, 0.29) is 29.3 Å². The van der Waals surface area contributed by atoms with Crippen LogP contribution in [0.1, 0.15) is 43.2 Å². The Morgan fingerprint density at radius 1 is 1.19 bits per heavy atom. The molecule has 2 aromatic rings. The summed E-state index contributed by atoms with van der Waals surface area (Å²) in [5, 5.41) is 12.4.